The fourth-order valence-corrected chi connectivity index (χ4v) is 3.88. The lowest BCUT2D eigenvalue weighted by Gasteiger charge is -2.11. The van der Waals surface area contributed by atoms with Crippen molar-refractivity contribution < 1.29 is 13.2 Å². The van der Waals surface area contributed by atoms with Gasteiger partial charge in [-0.15, -0.1) is 0 Å². The van der Waals surface area contributed by atoms with Gasteiger partial charge in [0.05, 0.1) is 4.90 Å². The average Bonchev–Trinajstić information content (AvgIpc) is 2.63. The molecular weight excluding hydrogens is 372 g/mol. The largest absolute Gasteiger partial charge is 0.322 e. The van der Waals surface area contributed by atoms with E-state index in [-0.39, 0.29) is 10.8 Å². The first kappa shape index (κ1) is 19.6. The standard InChI is InChI=1S/C22H22N2O3S/c1-15-4-11-20(12-5-15)28(26,27)24-19-9-7-18(8-10-19)23-22(25)21-13-6-16(2)14-17(21)3/h4-14,24H,1-3H3,(H,23,25). The lowest BCUT2D eigenvalue weighted by Crippen LogP contribution is -2.14. The first-order valence-corrected chi connectivity index (χ1v) is 10.3. The summed E-state index contributed by atoms with van der Waals surface area (Å²) in [6.07, 6.45) is 0. The minimum atomic E-state index is -3.66. The summed E-state index contributed by atoms with van der Waals surface area (Å²) >= 11 is 0. The number of sulfonamides is 1. The van der Waals surface area contributed by atoms with Gasteiger partial charge >= 0.3 is 0 Å². The minimum absolute atomic E-state index is 0.199. The van der Waals surface area contributed by atoms with Crippen LogP contribution in [0, 0.1) is 20.8 Å². The van der Waals surface area contributed by atoms with Crippen molar-refractivity contribution in [2.75, 3.05) is 10.0 Å². The van der Waals surface area contributed by atoms with Crippen LogP contribution < -0.4 is 10.0 Å². The molecule has 0 bridgehead atoms. The Labute approximate surface area is 165 Å². The Kier molecular flexibility index (Phi) is 5.51. The minimum Gasteiger partial charge on any atom is -0.322 e. The van der Waals surface area contributed by atoms with E-state index >= 15 is 0 Å². The summed E-state index contributed by atoms with van der Waals surface area (Å²) in [4.78, 5) is 12.6. The number of hydrogen-bond donors (Lipinski definition) is 2. The Hall–Kier alpha value is -3.12. The zero-order valence-electron chi connectivity index (χ0n) is 16.0. The molecule has 3 rings (SSSR count). The van der Waals surface area contributed by atoms with Gasteiger partial charge in [-0.25, -0.2) is 8.42 Å². The molecule has 5 nitrogen and oxygen atoms in total. The number of carbonyl (C=O) groups excluding carboxylic acids is 1. The van der Waals surface area contributed by atoms with Crippen LogP contribution in [0.2, 0.25) is 0 Å². The molecule has 0 unspecified atom stereocenters. The van der Waals surface area contributed by atoms with Gasteiger partial charge in [0, 0.05) is 16.9 Å². The summed E-state index contributed by atoms with van der Waals surface area (Å²) in [5.41, 5.74) is 4.60. The predicted molar refractivity (Wildman–Crippen MR) is 112 cm³/mol. The van der Waals surface area contributed by atoms with Crippen LogP contribution in [-0.2, 0) is 10.0 Å². The molecule has 144 valence electrons. The van der Waals surface area contributed by atoms with E-state index in [0.717, 1.165) is 16.7 Å². The van der Waals surface area contributed by atoms with E-state index in [1.54, 1.807) is 54.6 Å². The van der Waals surface area contributed by atoms with Crippen LogP contribution in [0.1, 0.15) is 27.0 Å². The van der Waals surface area contributed by atoms with E-state index in [1.807, 2.05) is 32.9 Å². The van der Waals surface area contributed by atoms with Crippen molar-refractivity contribution in [1.29, 1.82) is 0 Å². The molecule has 3 aromatic rings. The van der Waals surface area contributed by atoms with E-state index in [0.29, 0.717) is 16.9 Å². The molecule has 0 saturated heterocycles. The summed E-state index contributed by atoms with van der Waals surface area (Å²) in [6.45, 7) is 5.77. The molecule has 28 heavy (non-hydrogen) atoms. The van der Waals surface area contributed by atoms with Crippen molar-refractivity contribution >= 4 is 27.3 Å². The molecule has 3 aromatic carbocycles. The van der Waals surface area contributed by atoms with Gasteiger partial charge in [-0.1, -0.05) is 35.4 Å². The second-order valence-corrected chi connectivity index (χ2v) is 8.45. The van der Waals surface area contributed by atoms with Gasteiger partial charge in [0.2, 0.25) is 0 Å². The topological polar surface area (TPSA) is 75.3 Å². The van der Waals surface area contributed by atoms with E-state index < -0.39 is 10.0 Å². The maximum atomic E-state index is 12.4. The van der Waals surface area contributed by atoms with E-state index in [1.165, 1.54) is 0 Å². The van der Waals surface area contributed by atoms with Gasteiger partial charge in [-0.2, -0.15) is 0 Å². The Morgan fingerprint density at radius 3 is 1.93 bits per heavy atom. The van der Waals surface area contributed by atoms with Gasteiger partial charge in [-0.3, -0.25) is 9.52 Å². The number of hydrogen-bond acceptors (Lipinski definition) is 3. The fourth-order valence-electron chi connectivity index (χ4n) is 2.82. The van der Waals surface area contributed by atoms with Crippen molar-refractivity contribution in [3.63, 3.8) is 0 Å². The second-order valence-electron chi connectivity index (χ2n) is 6.77. The molecule has 0 heterocycles. The highest BCUT2D eigenvalue weighted by atomic mass is 32.2. The van der Waals surface area contributed by atoms with Crippen molar-refractivity contribution in [3.05, 3.63) is 89.0 Å². The van der Waals surface area contributed by atoms with Gasteiger partial charge in [0.15, 0.2) is 0 Å². The smallest absolute Gasteiger partial charge is 0.261 e. The van der Waals surface area contributed by atoms with Gasteiger partial charge < -0.3 is 5.32 Å². The third-order valence-electron chi connectivity index (χ3n) is 4.35. The Balaban J connectivity index is 1.71. The first-order chi connectivity index (χ1) is 13.2. The Morgan fingerprint density at radius 2 is 1.32 bits per heavy atom. The van der Waals surface area contributed by atoms with Crippen molar-refractivity contribution in [1.82, 2.24) is 0 Å². The van der Waals surface area contributed by atoms with Crippen LogP contribution in [0.3, 0.4) is 0 Å². The molecule has 0 saturated carbocycles. The molecular formula is C22H22N2O3S. The van der Waals surface area contributed by atoms with Gasteiger partial charge in [0.25, 0.3) is 15.9 Å². The number of aryl methyl sites for hydroxylation is 3. The third-order valence-corrected chi connectivity index (χ3v) is 5.75. The van der Waals surface area contributed by atoms with E-state index in [2.05, 4.69) is 10.0 Å². The second kappa shape index (κ2) is 7.86. The zero-order valence-corrected chi connectivity index (χ0v) is 16.8. The average molecular weight is 394 g/mol. The molecule has 0 atom stereocenters. The summed E-state index contributed by atoms with van der Waals surface area (Å²) in [5.74, 6) is -0.203. The van der Waals surface area contributed by atoms with Crippen LogP contribution >= 0.6 is 0 Å². The molecule has 0 radical (unpaired) electrons. The van der Waals surface area contributed by atoms with Crippen molar-refractivity contribution in [2.24, 2.45) is 0 Å². The summed E-state index contributed by atoms with van der Waals surface area (Å²) in [6, 6.07) is 18.8. The van der Waals surface area contributed by atoms with E-state index in [9.17, 15) is 13.2 Å². The highest BCUT2D eigenvalue weighted by Gasteiger charge is 2.14. The number of amides is 1. The number of nitrogens with one attached hydrogen (secondary N) is 2. The summed E-state index contributed by atoms with van der Waals surface area (Å²) in [7, 11) is -3.66. The molecule has 0 aliphatic rings. The molecule has 0 fully saturated rings. The number of anilines is 2. The van der Waals surface area contributed by atoms with Gasteiger partial charge in [-0.05, 0) is 68.8 Å². The van der Waals surface area contributed by atoms with Crippen LogP contribution in [0.4, 0.5) is 11.4 Å². The Bertz CT molecular complexity index is 1100. The normalized spacial score (nSPS) is 11.1. The molecule has 0 aliphatic carbocycles. The van der Waals surface area contributed by atoms with Crippen molar-refractivity contribution in [2.45, 2.75) is 25.7 Å². The fraction of sp³-hybridized carbons (Fsp3) is 0.136. The molecule has 0 spiro atoms. The number of benzene rings is 3. The molecule has 0 aliphatic heterocycles. The SMILES string of the molecule is Cc1ccc(S(=O)(=O)Nc2ccc(NC(=O)c3ccc(C)cc3C)cc2)cc1. The molecule has 6 heteroatoms. The monoisotopic (exact) mass is 394 g/mol. The number of rotatable bonds is 5. The quantitative estimate of drug-likeness (QED) is 0.661. The maximum absolute atomic E-state index is 12.4. The van der Waals surface area contributed by atoms with Crippen LogP contribution in [0.25, 0.3) is 0 Å². The van der Waals surface area contributed by atoms with Crippen LogP contribution in [-0.4, -0.2) is 14.3 Å². The van der Waals surface area contributed by atoms with Crippen LogP contribution in [0.15, 0.2) is 71.6 Å². The predicted octanol–water partition coefficient (Wildman–Crippen LogP) is 4.66. The summed E-state index contributed by atoms with van der Waals surface area (Å²) in [5, 5.41) is 2.83. The molecule has 2 N–H and O–H groups in total. The summed E-state index contributed by atoms with van der Waals surface area (Å²) < 4.78 is 27.4. The van der Waals surface area contributed by atoms with Gasteiger partial charge in [0.1, 0.15) is 0 Å². The molecule has 0 aromatic heterocycles. The zero-order chi connectivity index (χ0) is 20.3. The lowest BCUT2D eigenvalue weighted by molar-refractivity contribution is 0.102. The first-order valence-electron chi connectivity index (χ1n) is 8.83. The highest BCUT2D eigenvalue weighted by Crippen LogP contribution is 2.20. The maximum Gasteiger partial charge on any atom is 0.261 e. The highest BCUT2D eigenvalue weighted by molar-refractivity contribution is 7.92. The number of carbonyl (C=O) groups is 1. The van der Waals surface area contributed by atoms with Crippen LogP contribution in [0.5, 0.6) is 0 Å². The van der Waals surface area contributed by atoms with Crippen molar-refractivity contribution in [3.8, 4) is 0 Å². The third kappa shape index (κ3) is 4.58. The Morgan fingerprint density at radius 1 is 0.750 bits per heavy atom. The van der Waals surface area contributed by atoms with E-state index in [4.69, 9.17) is 0 Å². The molecule has 1 amide bonds. The lowest BCUT2D eigenvalue weighted by atomic mass is 10.1.